The number of amides is 1. The standard InChI is InChI=1S/C28H29ClFN5O/c1-2-4-19(13-18-10-12-35(16-18)27-24-9-11-31-26(24)32-17-33-27)23-8-7-20(14-25(23)30)28(36)34-22-6-3-5-21(29)15-22/h3,5-9,11,14-15,17-19H,2,4,10,12-13,16H2,1H3,(H,34,36)(H,31,32,33)/t18-,19?/m0/s1. The normalized spacial score (nSPS) is 16.4. The molecule has 2 atom stereocenters. The molecule has 1 unspecified atom stereocenters. The molecule has 6 nitrogen and oxygen atoms in total. The number of nitrogens with one attached hydrogen (secondary N) is 2. The molecular formula is C28H29ClFN5O. The molecule has 2 aromatic heterocycles. The van der Waals surface area contributed by atoms with Crippen molar-refractivity contribution in [1.29, 1.82) is 0 Å². The summed E-state index contributed by atoms with van der Waals surface area (Å²) in [5, 5.41) is 4.34. The second-order valence-corrected chi connectivity index (χ2v) is 9.90. The van der Waals surface area contributed by atoms with Crippen LogP contribution in [0.25, 0.3) is 11.0 Å². The fourth-order valence-corrected chi connectivity index (χ4v) is 5.44. The number of rotatable bonds is 8. The zero-order valence-electron chi connectivity index (χ0n) is 20.2. The number of carbonyl (C=O) groups is 1. The molecule has 0 spiro atoms. The Morgan fingerprint density at radius 2 is 2.14 bits per heavy atom. The summed E-state index contributed by atoms with van der Waals surface area (Å²) >= 11 is 6.00. The van der Waals surface area contributed by atoms with E-state index >= 15 is 4.39 Å². The Morgan fingerprint density at radius 3 is 2.94 bits per heavy atom. The quantitative estimate of drug-likeness (QED) is 0.276. The zero-order chi connectivity index (χ0) is 25.1. The van der Waals surface area contributed by atoms with Gasteiger partial charge in [0.25, 0.3) is 5.91 Å². The average Bonchev–Trinajstić information content (AvgIpc) is 3.53. The summed E-state index contributed by atoms with van der Waals surface area (Å²) in [5.74, 6) is 0.810. The Hall–Kier alpha value is -3.45. The SMILES string of the molecule is CCCC(C[C@@H]1CCN(c2ncnc3[nH]ccc23)C1)c1ccc(C(=O)Nc2cccc(Cl)c2)cc1F. The van der Waals surface area contributed by atoms with Crippen LogP contribution in [-0.4, -0.2) is 33.9 Å². The molecule has 0 radical (unpaired) electrons. The number of aromatic amines is 1. The predicted molar refractivity (Wildman–Crippen MR) is 142 cm³/mol. The molecule has 186 valence electrons. The van der Waals surface area contributed by atoms with E-state index in [0.717, 1.165) is 55.6 Å². The third kappa shape index (κ3) is 5.21. The van der Waals surface area contributed by atoms with Gasteiger partial charge in [0.05, 0.1) is 5.39 Å². The van der Waals surface area contributed by atoms with Crippen LogP contribution >= 0.6 is 11.6 Å². The second kappa shape index (κ2) is 10.7. The Kier molecular flexibility index (Phi) is 7.18. The van der Waals surface area contributed by atoms with Crippen LogP contribution in [0.2, 0.25) is 5.02 Å². The van der Waals surface area contributed by atoms with Gasteiger partial charge in [0.15, 0.2) is 0 Å². The van der Waals surface area contributed by atoms with Gasteiger partial charge in [0.1, 0.15) is 23.6 Å². The van der Waals surface area contributed by atoms with Crippen molar-refractivity contribution in [3.8, 4) is 0 Å². The van der Waals surface area contributed by atoms with E-state index < -0.39 is 0 Å². The highest BCUT2D eigenvalue weighted by molar-refractivity contribution is 6.31. The lowest BCUT2D eigenvalue weighted by atomic mass is 9.84. The van der Waals surface area contributed by atoms with Crippen molar-refractivity contribution in [2.75, 3.05) is 23.3 Å². The number of anilines is 2. The fourth-order valence-electron chi connectivity index (χ4n) is 5.25. The Labute approximate surface area is 214 Å². The van der Waals surface area contributed by atoms with E-state index in [0.29, 0.717) is 22.2 Å². The van der Waals surface area contributed by atoms with Gasteiger partial charge in [-0.15, -0.1) is 0 Å². The van der Waals surface area contributed by atoms with E-state index in [1.807, 2.05) is 12.3 Å². The maximum atomic E-state index is 15.3. The van der Waals surface area contributed by atoms with E-state index in [1.54, 1.807) is 42.7 Å². The van der Waals surface area contributed by atoms with Gasteiger partial charge >= 0.3 is 0 Å². The summed E-state index contributed by atoms with van der Waals surface area (Å²) in [6, 6.07) is 13.8. The van der Waals surface area contributed by atoms with Crippen molar-refractivity contribution < 1.29 is 9.18 Å². The van der Waals surface area contributed by atoms with Gasteiger partial charge < -0.3 is 15.2 Å². The van der Waals surface area contributed by atoms with Crippen LogP contribution in [0.1, 0.15) is 54.4 Å². The van der Waals surface area contributed by atoms with Crippen LogP contribution < -0.4 is 10.2 Å². The molecule has 1 fully saturated rings. The largest absolute Gasteiger partial charge is 0.356 e. The molecule has 0 aliphatic carbocycles. The highest BCUT2D eigenvalue weighted by Gasteiger charge is 2.29. The Bertz CT molecular complexity index is 1370. The predicted octanol–water partition coefficient (Wildman–Crippen LogP) is 6.80. The van der Waals surface area contributed by atoms with Crippen LogP contribution in [0.4, 0.5) is 15.9 Å². The molecule has 36 heavy (non-hydrogen) atoms. The summed E-state index contributed by atoms with van der Waals surface area (Å²) < 4.78 is 15.3. The molecule has 8 heteroatoms. The van der Waals surface area contributed by atoms with Gasteiger partial charge in [-0.2, -0.15) is 0 Å². The minimum Gasteiger partial charge on any atom is -0.356 e. The second-order valence-electron chi connectivity index (χ2n) is 9.46. The topological polar surface area (TPSA) is 73.9 Å². The van der Waals surface area contributed by atoms with E-state index in [9.17, 15) is 4.79 Å². The van der Waals surface area contributed by atoms with Crippen molar-refractivity contribution in [2.45, 2.75) is 38.5 Å². The lowest BCUT2D eigenvalue weighted by Crippen LogP contribution is -2.22. The van der Waals surface area contributed by atoms with Crippen molar-refractivity contribution in [1.82, 2.24) is 15.0 Å². The van der Waals surface area contributed by atoms with Gasteiger partial charge in [0, 0.05) is 35.6 Å². The number of aromatic nitrogens is 3. The number of fused-ring (bicyclic) bond motifs is 1. The Balaban J connectivity index is 1.28. The van der Waals surface area contributed by atoms with Crippen molar-refractivity contribution in [2.24, 2.45) is 5.92 Å². The van der Waals surface area contributed by atoms with Gasteiger partial charge in [-0.25, -0.2) is 14.4 Å². The van der Waals surface area contributed by atoms with Crippen LogP contribution in [0.15, 0.2) is 61.1 Å². The highest BCUT2D eigenvalue weighted by atomic mass is 35.5. The molecule has 3 heterocycles. The molecule has 5 rings (SSSR count). The molecule has 2 N–H and O–H groups in total. The summed E-state index contributed by atoms with van der Waals surface area (Å²) in [6.07, 6.45) is 7.29. The number of halogens is 2. The van der Waals surface area contributed by atoms with Crippen molar-refractivity contribution in [3.05, 3.63) is 83.0 Å². The van der Waals surface area contributed by atoms with E-state index in [2.05, 4.69) is 32.1 Å². The molecule has 1 saturated heterocycles. The highest BCUT2D eigenvalue weighted by Crippen LogP contribution is 2.36. The van der Waals surface area contributed by atoms with Gasteiger partial charge in [0.2, 0.25) is 0 Å². The Morgan fingerprint density at radius 1 is 1.25 bits per heavy atom. The van der Waals surface area contributed by atoms with E-state index in [1.165, 1.54) is 6.07 Å². The monoisotopic (exact) mass is 505 g/mol. The molecule has 0 saturated carbocycles. The zero-order valence-corrected chi connectivity index (χ0v) is 20.9. The number of nitrogens with zero attached hydrogens (tertiary/aromatic N) is 3. The minimum absolute atomic E-state index is 0.0997. The minimum atomic E-state index is -0.359. The summed E-state index contributed by atoms with van der Waals surface area (Å²) in [7, 11) is 0. The maximum Gasteiger partial charge on any atom is 0.255 e. The molecule has 1 amide bonds. The lowest BCUT2D eigenvalue weighted by Gasteiger charge is -2.23. The van der Waals surface area contributed by atoms with Crippen molar-refractivity contribution >= 4 is 40.0 Å². The van der Waals surface area contributed by atoms with E-state index in [-0.39, 0.29) is 23.2 Å². The van der Waals surface area contributed by atoms with Gasteiger partial charge in [-0.3, -0.25) is 4.79 Å². The summed E-state index contributed by atoms with van der Waals surface area (Å²) in [5.41, 5.74) is 2.39. The van der Waals surface area contributed by atoms with Crippen LogP contribution in [0.5, 0.6) is 0 Å². The smallest absolute Gasteiger partial charge is 0.255 e. The van der Waals surface area contributed by atoms with Gasteiger partial charge in [-0.05, 0) is 73.1 Å². The number of carbonyl (C=O) groups excluding carboxylic acids is 1. The van der Waals surface area contributed by atoms with Gasteiger partial charge in [-0.1, -0.05) is 37.1 Å². The molecule has 4 aromatic rings. The van der Waals surface area contributed by atoms with Crippen LogP contribution in [0.3, 0.4) is 0 Å². The molecular weight excluding hydrogens is 477 g/mol. The van der Waals surface area contributed by atoms with E-state index in [4.69, 9.17) is 11.6 Å². The number of benzene rings is 2. The first kappa shape index (κ1) is 24.3. The fraction of sp³-hybridized carbons (Fsp3) is 0.321. The van der Waals surface area contributed by atoms with Crippen LogP contribution in [0, 0.1) is 11.7 Å². The third-order valence-electron chi connectivity index (χ3n) is 6.96. The number of H-pyrrole nitrogens is 1. The third-order valence-corrected chi connectivity index (χ3v) is 7.19. The molecule has 1 aliphatic rings. The average molecular weight is 506 g/mol. The molecule has 0 bridgehead atoms. The number of hydrogen-bond acceptors (Lipinski definition) is 4. The first-order valence-electron chi connectivity index (χ1n) is 12.4. The first-order valence-corrected chi connectivity index (χ1v) is 12.8. The summed E-state index contributed by atoms with van der Waals surface area (Å²) in [4.78, 5) is 27.0. The first-order chi connectivity index (χ1) is 17.5. The molecule has 1 aliphatic heterocycles. The maximum absolute atomic E-state index is 15.3. The van der Waals surface area contributed by atoms with Crippen LogP contribution in [-0.2, 0) is 0 Å². The molecule has 2 aromatic carbocycles. The summed E-state index contributed by atoms with van der Waals surface area (Å²) in [6.45, 7) is 3.94. The lowest BCUT2D eigenvalue weighted by molar-refractivity contribution is 0.102. The van der Waals surface area contributed by atoms with Crippen molar-refractivity contribution in [3.63, 3.8) is 0 Å². The number of hydrogen-bond donors (Lipinski definition) is 2.